The van der Waals surface area contributed by atoms with Gasteiger partial charge in [-0.3, -0.25) is 4.57 Å². The molecule has 1 saturated carbocycles. The highest BCUT2D eigenvalue weighted by atomic mass is 35.5. The Hall–Kier alpha value is -1.18. The number of halogens is 2. The minimum Gasteiger partial charge on any atom is -0.381 e. The van der Waals surface area contributed by atoms with E-state index in [-0.39, 0.29) is 12.4 Å². The van der Waals surface area contributed by atoms with E-state index in [9.17, 15) is 0 Å². The van der Waals surface area contributed by atoms with Gasteiger partial charge in [-0.2, -0.15) is 0 Å². The van der Waals surface area contributed by atoms with Crippen LogP contribution < -0.4 is 5.32 Å². The molecule has 2 aromatic rings. The van der Waals surface area contributed by atoms with E-state index in [1.54, 1.807) is 0 Å². The van der Waals surface area contributed by atoms with Gasteiger partial charge in [-0.25, -0.2) is 0 Å². The first kappa shape index (κ1) is 21.1. The summed E-state index contributed by atoms with van der Waals surface area (Å²) in [5.41, 5.74) is 2.36. The lowest BCUT2D eigenvalue weighted by atomic mass is 9.86. The maximum Gasteiger partial charge on any atom is 0.151 e. The molecule has 29 heavy (non-hydrogen) atoms. The number of nitrogens with zero attached hydrogens (tertiary/aromatic N) is 3. The Morgan fingerprint density at radius 1 is 1.00 bits per heavy atom. The second kappa shape index (κ2) is 9.31. The van der Waals surface area contributed by atoms with Crippen LogP contribution in [0, 0.1) is 0 Å². The van der Waals surface area contributed by atoms with Crippen molar-refractivity contribution in [1.29, 1.82) is 0 Å². The number of rotatable bonds is 3. The number of aromatic nitrogens is 3. The van der Waals surface area contributed by atoms with Crippen LogP contribution in [0.15, 0.2) is 18.2 Å². The summed E-state index contributed by atoms with van der Waals surface area (Å²) in [7, 11) is 0. The Bertz CT molecular complexity index is 830. The Morgan fingerprint density at radius 3 is 2.55 bits per heavy atom. The fraction of sp³-hybridized carbons (Fsp3) is 0.619. The van der Waals surface area contributed by atoms with Crippen LogP contribution in [0.3, 0.4) is 0 Å². The first-order valence-electron chi connectivity index (χ1n) is 10.4. The van der Waals surface area contributed by atoms with Crippen molar-refractivity contribution in [2.75, 3.05) is 13.2 Å². The molecule has 158 valence electrons. The maximum absolute atomic E-state index is 6.35. The van der Waals surface area contributed by atoms with Crippen molar-refractivity contribution in [2.24, 2.45) is 0 Å². The third kappa shape index (κ3) is 4.47. The molecule has 1 aromatic heterocycles. The predicted molar refractivity (Wildman–Crippen MR) is 114 cm³/mol. The van der Waals surface area contributed by atoms with Crippen molar-refractivity contribution >= 4 is 24.0 Å². The summed E-state index contributed by atoms with van der Waals surface area (Å²) in [6, 6.07) is 6.10. The molecule has 1 saturated heterocycles. The molecule has 0 radical (unpaired) electrons. The van der Waals surface area contributed by atoms with E-state index in [2.05, 4.69) is 26.1 Å². The van der Waals surface area contributed by atoms with Crippen molar-refractivity contribution in [1.82, 2.24) is 20.1 Å². The zero-order valence-electron chi connectivity index (χ0n) is 16.5. The van der Waals surface area contributed by atoms with Gasteiger partial charge in [-0.05, 0) is 62.3 Å². The first-order valence-corrected chi connectivity index (χ1v) is 10.8. The molecule has 1 aromatic carbocycles. The Morgan fingerprint density at radius 2 is 1.76 bits per heavy atom. The molecule has 0 spiro atoms. The highest BCUT2D eigenvalue weighted by molar-refractivity contribution is 6.30. The number of nitrogens with one attached hydrogen (secondary N) is 1. The van der Waals surface area contributed by atoms with Gasteiger partial charge in [0, 0.05) is 30.7 Å². The van der Waals surface area contributed by atoms with E-state index in [0.717, 1.165) is 87.2 Å². The minimum atomic E-state index is 0. The second-order valence-electron chi connectivity index (χ2n) is 8.11. The van der Waals surface area contributed by atoms with Gasteiger partial charge in [0.05, 0.1) is 24.4 Å². The lowest BCUT2D eigenvalue weighted by molar-refractivity contribution is -0.0796. The number of hydrogen-bond acceptors (Lipinski definition) is 5. The third-order valence-electron chi connectivity index (χ3n) is 6.23. The van der Waals surface area contributed by atoms with Crippen molar-refractivity contribution in [3.63, 3.8) is 0 Å². The molecule has 2 fully saturated rings. The van der Waals surface area contributed by atoms with Crippen molar-refractivity contribution in [2.45, 2.75) is 69.7 Å². The van der Waals surface area contributed by atoms with Crippen LogP contribution in [0.5, 0.6) is 0 Å². The van der Waals surface area contributed by atoms with Crippen LogP contribution in [0.1, 0.15) is 61.7 Å². The topological polar surface area (TPSA) is 61.2 Å². The largest absolute Gasteiger partial charge is 0.381 e. The number of hydrogen-bond donors (Lipinski definition) is 1. The molecule has 1 N–H and O–H groups in total. The fourth-order valence-corrected chi connectivity index (χ4v) is 4.93. The average molecular weight is 439 g/mol. The lowest BCUT2D eigenvalue weighted by Gasteiger charge is -2.32. The van der Waals surface area contributed by atoms with Crippen molar-refractivity contribution < 1.29 is 9.47 Å². The molecule has 0 unspecified atom stereocenters. The third-order valence-corrected chi connectivity index (χ3v) is 6.46. The molecule has 8 heteroatoms. The summed E-state index contributed by atoms with van der Waals surface area (Å²) in [5, 5.41) is 13.3. The number of fused-ring (bicyclic) bond motifs is 3. The minimum absolute atomic E-state index is 0. The summed E-state index contributed by atoms with van der Waals surface area (Å²) < 4.78 is 14.1. The van der Waals surface area contributed by atoms with Crippen LogP contribution in [0.4, 0.5) is 0 Å². The molecule has 2 aliphatic heterocycles. The fourth-order valence-electron chi connectivity index (χ4n) is 4.74. The zero-order valence-corrected chi connectivity index (χ0v) is 18.1. The molecule has 3 aliphatic rings. The van der Waals surface area contributed by atoms with E-state index < -0.39 is 0 Å². The van der Waals surface area contributed by atoms with E-state index in [1.165, 1.54) is 5.56 Å². The maximum atomic E-state index is 6.35. The van der Waals surface area contributed by atoms with Gasteiger partial charge in [-0.1, -0.05) is 11.6 Å². The van der Waals surface area contributed by atoms with E-state index in [4.69, 9.17) is 21.1 Å². The summed E-state index contributed by atoms with van der Waals surface area (Å²) in [6.07, 6.45) is 7.20. The molecular weight excluding hydrogens is 411 g/mol. The van der Waals surface area contributed by atoms with Gasteiger partial charge in [-0.15, -0.1) is 22.6 Å². The van der Waals surface area contributed by atoms with Crippen LogP contribution in [0.2, 0.25) is 5.02 Å². The van der Waals surface area contributed by atoms with Crippen LogP contribution in [-0.4, -0.2) is 40.2 Å². The predicted octanol–water partition coefficient (Wildman–Crippen LogP) is 4.17. The summed E-state index contributed by atoms with van der Waals surface area (Å²) in [5.74, 6) is 2.50. The van der Waals surface area contributed by atoms with Gasteiger partial charge in [0.25, 0.3) is 0 Å². The van der Waals surface area contributed by atoms with Gasteiger partial charge >= 0.3 is 0 Å². The summed E-state index contributed by atoms with van der Waals surface area (Å²) >= 11 is 6.23. The standard InChI is InChI=1S/C21H27ClN4O2.ClH/c22-16-3-6-19-15(11-16)12-23-13-20-24-25-21(26(19)20)14-1-4-17(5-2-14)28-18-7-9-27-10-8-18;/h3,6,11,14,17-18,23H,1-2,4-5,7-10,12-13H2;1H/t14-,17-;. The molecule has 0 atom stereocenters. The van der Waals surface area contributed by atoms with E-state index >= 15 is 0 Å². The summed E-state index contributed by atoms with van der Waals surface area (Å²) in [6.45, 7) is 3.19. The van der Waals surface area contributed by atoms with E-state index in [1.807, 2.05) is 12.1 Å². The average Bonchev–Trinajstić information content (AvgIpc) is 3.05. The normalized spacial score (nSPS) is 24.9. The quantitative estimate of drug-likeness (QED) is 0.778. The number of benzene rings is 1. The molecule has 6 nitrogen and oxygen atoms in total. The molecule has 0 amide bonds. The van der Waals surface area contributed by atoms with E-state index in [0.29, 0.717) is 18.1 Å². The SMILES string of the molecule is Cl.Clc1ccc2c(c1)CNCc1nnc([C@H]3CC[C@H](OC4CCOCC4)CC3)n1-2. The molecule has 1 aliphatic carbocycles. The summed E-state index contributed by atoms with van der Waals surface area (Å²) in [4.78, 5) is 0. The Kier molecular flexibility index (Phi) is 6.76. The monoisotopic (exact) mass is 438 g/mol. The van der Waals surface area contributed by atoms with Crippen LogP contribution in [0.25, 0.3) is 5.69 Å². The first-order chi connectivity index (χ1) is 13.8. The lowest BCUT2D eigenvalue weighted by Crippen LogP contribution is -2.31. The van der Waals surface area contributed by atoms with Gasteiger partial charge in [0.1, 0.15) is 5.82 Å². The highest BCUT2D eigenvalue weighted by Gasteiger charge is 2.30. The Balaban J connectivity index is 0.00000205. The van der Waals surface area contributed by atoms with Gasteiger partial charge in [0.15, 0.2) is 5.82 Å². The number of ether oxygens (including phenoxy) is 2. The molecule has 5 rings (SSSR count). The second-order valence-corrected chi connectivity index (χ2v) is 8.54. The van der Waals surface area contributed by atoms with Crippen molar-refractivity contribution in [3.8, 4) is 5.69 Å². The zero-order chi connectivity index (χ0) is 18.9. The Labute approximate surface area is 182 Å². The molecular formula is C21H28Cl2N4O2. The highest BCUT2D eigenvalue weighted by Crippen LogP contribution is 2.36. The van der Waals surface area contributed by atoms with Crippen molar-refractivity contribution in [3.05, 3.63) is 40.4 Å². The smallest absolute Gasteiger partial charge is 0.151 e. The molecule has 0 bridgehead atoms. The van der Waals surface area contributed by atoms with Crippen LogP contribution in [-0.2, 0) is 22.6 Å². The van der Waals surface area contributed by atoms with Gasteiger partial charge < -0.3 is 14.8 Å². The van der Waals surface area contributed by atoms with Crippen LogP contribution >= 0.6 is 24.0 Å². The molecule has 3 heterocycles. The van der Waals surface area contributed by atoms with Gasteiger partial charge in [0.2, 0.25) is 0 Å².